The van der Waals surface area contributed by atoms with Crippen molar-refractivity contribution in [3.63, 3.8) is 0 Å². The first-order valence-corrected chi connectivity index (χ1v) is 10.5. The van der Waals surface area contributed by atoms with E-state index in [2.05, 4.69) is 15.3 Å². The van der Waals surface area contributed by atoms with E-state index in [1.165, 1.54) is 12.1 Å². The van der Waals surface area contributed by atoms with Gasteiger partial charge in [-0.1, -0.05) is 6.07 Å². The molecule has 3 aromatic rings. The second kappa shape index (κ2) is 8.41. The number of non-ortho nitro benzene ring substituents is 1. The van der Waals surface area contributed by atoms with Crippen LogP contribution in [0.25, 0.3) is 10.9 Å². The SMILES string of the molecule is O=C(O)C1CCN(c2nc(NCc3ccc4c(c3)OCO4)c3cc([N+](=O)[O-])ccc3n2)CC1. The molecule has 1 aromatic heterocycles. The molecule has 0 atom stereocenters. The van der Waals surface area contributed by atoms with Crippen LogP contribution >= 0.6 is 0 Å². The lowest BCUT2D eigenvalue weighted by atomic mass is 9.97. The Hall–Kier alpha value is -4.15. The number of fused-ring (bicyclic) bond motifs is 2. The smallest absolute Gasteiger partial charge is 0.306 e. The normalized spacial score (nSPS) is 15.6. The molecule has 33 heavy (non-hydrogen) atoms. The maximum absolute atomic E-state index is 11.3. The Morgan fingerprint density at radius 3 is 2.70 bits per heavy atom. The van der Waals surface area contributed by atoms with E-state index in [1.54, 1.807) is 6.07 Å². The highest BCUT2D eigenvalue weighted by molar-refractivity contribution is 5.91. The molecule has 1 fully saturated rings. The van der Waals surface area contributed by atoms with E-state index in [0.717, 1.165) is 5.56 Å². The predicted molar refractivity (Wildman–Crippen MR) is 119 cm³/mol. The highest BCUT2D eigenvalue weighted by atomic mass is 16.7. The molecule has 11 nitrogen and oxygen atoms in total. The van der Waals surface area contributed by atoms with E-state index in [0.29, 0.717) is 66.6 Å². The number of nitro benzene ring substituents is 1. The zero-order chi connectivity index (χ0) is 22.9. The fraction of sp³-hybridized carbons (Fsp3) is 0.318. The lowest BCUT2D eigenvalue weighted by Gasteiger charge is -2.30. The minimum absolute atomic E-state index is 0.0488. The van der Waals surface area contributed by atoms with Gasteiger partial charge in [-0.3, -0.25) is 14.9 Å². The number of carbonyl (C=O) groups is 1. The number of carboxylic acid groups (broad SMARTS) is 1. The highest BCUT2D eigenvalue weighted by Gasteiger charge is 2.26. The van der Waals surface area contributed by atoms with Crippen LogP contribution in [-0.4, -0.2) is 45.8 Å². The van der Waals surface area contributed by atoms with E-state index in [-0.39, 0.29) is 18.4 Å². The summed E-state index contributed by atoms with van der Waals surface area (Å²) in [6, 6.07) is 10.1. The van der Waals surface area contributed by atoms with Crippen LogP contribution in [0.5, 0.6) is 11.5 Å². The molecule has 0 spiro atoms. The lowest BCUT2D eigenvalue weighted by Crippen LogP contribution is -2.37. The van der Waals surface area contributed by atoms with Crippen molar-refractivity contribution < 1.29 is 24.3 Å². The second-order valence-electron chi connectivity index (χ2n) is 7.97. The van der Waals surface area contributed by atoms with E-state index in [4.69, 9.17) is 9.47 Å². The van der Waals surface area contributed by atoms with Crippen LogP contribution in [0, 0.1) is 16.0 Å². The first-order valence-electron chi connectivity index (χ1n) is 10.5. The van der Waals surface area contributed by atoms with Gasteiger partial charge in [0.1, 0.15) is 5.82 Å². The van der Waals surface area contributed by atoms with Crippen LogP contribution in [0.15, 0.2) is 36.4 Å². The number of aliphatic carboxylic acids is 1. The van der Waals surface area contributed by atoms with Crippen molar-refractivity contribution in [3.05, 3.63) is 52.1 Å². The molecule has 0 unspecified atom stereocenters. The summed E-state index contributed by atoms with van der Waals surface area (Å²) in [6.07, 6.45) is 1.02. The number of benzene rings is 2. The fourth-order valence-corrected chi connectivity index (χ4v) is 4.06. The standard InChI is InChI=1S/C22H21N5O6/c28-21(29)14-5-7-26(8-6-14)22-24-17-3-2-15(27(30)31)10-16(17)20(25-22)23-11-13-1-4-18-19(9-13)33-12-32-18/h1-4,9-10,14H,5-8,11-12H2,(H,28,29)(H,23,24,25). The van der Waals surface area contributed by atoms with Crippen LogP contribution in [0.2, 0.25) is 0 Å². The molecule has 2 aliphatic rings. The first kappa shape index (κ1) is 20.7. The largest absolute Gasteiger partial charge is 0.481 e. The third-order valence-corrected chi connectivity index (χ3v) is 5.90. The van der Waals surface area contributed by atoms with Gasteiger partial charge in [-0.25, -0.2) is 4.98 Å². The average molecular weight is 451 g/mol. The Balaban J connectivity index is 1.45. The number of piperidine rings is 1. The molecule has 170 valence electrons. The van der Waals surface area contributed by atoms with Gasteiger partial charge in [0.2, 0.25) is 12.7 Å². The Morgan fingerprint density at radius 1 is 1.15 bits per heavy atom. The summed E-state index contributed by atoms with van der Waals surface area (Å²) in [5.74, 6) is 1.14. The van der Waals surface area contributed by atoms with Crippen LogP contribution in [0.4, 0.5) is 17.5 Å². The summed E-state index contributed by atoms with van der Waals surface area (Å²) >= 11 is 0. The minimum atomic E-state index is -0.785. The van der Waals surface area contributed by atoms with Gasteiger partial charge in [-0.2, -0.15) is 4.98 Å². The van der Waals surface area contributed by atoms with E-state index < -0.39 is 10.9 Å². The van der Waals surface area contributed by atoms with Crippen LogP contribution in [0.1, 0.15) is 18.4 Å². The Morgan fingerprint density at radius 2 is 1.94 bits per heavy atom. The molecule has 0 radical (unpaired) electrons. The number of hydrogen-bond acceptors (Lipinski definition) is 9. The Labute approximate surface area is 188 Å². The van der Waals surface area contributed by atoms with Gasteiger partial charge < -0.3 is 24.8 Å². The highest BCUT2D eigenvalue weighted by Crippen LogP contribution is 2.33. The first-order chi connectivity index (χ1) is 16.0. The van der Waals surface area contributed by atoms with Gasteiger partial charge in [0.15, 0.2) is 11.5 Å². The summed E-state index contributed by atoms with van der Waals surface area (Å²) < 4.78 is 10.8. The molecule has 0 bridgehead atoms. The third kappa shape index (κ3) is 4.16. The second-order valence-corrected chi connectivity index (χ2v) is 7.97. The average Bonchev–Trinajstić information content (AvgIpc) is 3.30. The van der Waals surface area contributed by atoms with Crippen LogP contribution in [-0.2, 0) is 11.3 Å². The van der Waals surface area contributed by atoms with Crippen molar-refractivity contribution in [2.75, 3.05) is 30.1 Å². The predicted octanol–water partition coefficient (Wildman–Crippen LogP) is 3.18. The molecule has 0 aliphatic carbocycles. The fourth-order valence-electron chi connectivity index (χ4n) is 4.06. The van der Waals surface area contributed by atoms with E-state index in [1.807, 2.05) is 23.1 Å². The van der Waals surface area contributed by atoms with Gasteiger partial charge >= 0.3 is 5.97 Å². The number of anilines is 2. The molecule has 11 heteroatoms. The van der Waals surface area contributed by atoms with Crippen LogP contribution < -0.4 is 19.7 Å². The molecule has 5 rings (SSSR count). The number of nitrogens with one attached hydrogen (secondary N) is 1. The topological polar surface area (TPSA) is 140 Å². The summed E-state index contributed by atoms with van der Waals surface area (Å²) in [5, 5.41) is 24.4. The zero-order valence-corrected chi connectivity index (χ0v) is 17.6. The third-order valence-electron chi connectivity index (χ3n) is 5.90. The molecule has 0 saturated carbocycles. The van der Waals surface area contributed by atoms with Crippen LogP contribution in [0.3, 0.4) is 0 Å². The maximum Gasteiger partial charge on any atom is 0.306 e. The van der Waals surface area contributed by atoms with Gasteiger partial charge in [0.05, 0.1) is 16.4 Å². The maximum atomic E-state index is 11.3. The van der Waals surface area contributed by atoms with E-state index >= 15 is 0 Å². The summed E-state index contributed by atoms with van der Waals surface area (Å²) in [5.41, 5.74) is 1.45. The molecule has 0 amide bonds. The summed E-state index contributed by atoms with van der Waals surface area (Å²) in [7, 11) is 0. The van der Waals surface area contributed by atoms with Crippen molar-refractivity contribution in [2.24, 2.45) is 5.92 Å². The number of hydrogen-bond donors (Lipinski definition) is 2. The molecule has 2 aliphatic heterocycles. The number of ether oxygens (including phenoxy) is 2. The van der Waals surface area contributed by atoms with Crippen molar-refractivity contribution >= 4 is 34.3 Å². The van der Waals surface area contributed by atoms with Crippen molar-refractivity contribution in [2.45, 2.75) is 19.4 Å². The molecular weight excluding hydrogens is 430 g/mol. The Kier molecular flexibility index (Phi) is 5.29. The quantitative estimate of drug-likeness (QED) is 0.424. The van der Waals surface area contributed by atoms with Gasteiger partial charge in [-0.05, 0) is 36.6 Å². The summed E-state index contributed by atoms with van der Waals surface area (Å²) in [4.78, 5) is 33.3. The lowest BCUT2D eigenvalue weighted by molar-refractivity contribution is -0.384. The summed E-state index contributed by atoms with van der Waals surface area (Å²) in [6.45, 7) is 1.65. The molecular formula is C22H21N5O6. The minimum Gasteiger partial charge on any atom is -0.481 e. The number of carboxylic acids is 1. The molecule has 3 heterocycles. The van der Waals surface area contributed by atoms with Gasteiger partial charge in [0.25, 0.3) is 5.69 Å². The Bertz CT molecular complexity index is 1240. The number of aromatic nitrogens is 2. The van der Waals surface area contributed by atoms with Gasteiger partial charge in [0, 0.05) is 37.2 Å². The van der Waals surface area contributed by atoms with Crippen molar-refractivity contribution in [3.8, 4) is 11.5 Å². The van der Waals surface area contributed by atoms with Gasteiger partial charge in [-0.15, -0.1) is 0 Å². The number of rotatable bonds is 6. The van der Waals surface area contributed by atoms with Crippen molar-refractivity contribution in [1.82, 2.24) is 9.97 Å². The van der Waals surface area contributed by atoms with Crippen molar-refractivity contribution in [1.29, 1.82) is 0 Å². The van der Waals surface area contributed by atoms with E-state index in [9.17, 15) is 20.0 Å². The number of nitrogens with zero attached hydrogens (tertiary/aromatic N) is 4. The zero-order valence-electron chi connectivity index (χ0n) is 17.6. The number of nitro groups is 1. The molecule has 1 saturated heterocycles. The molecule has 2 aromatic carbocycles. The molecule has 2 N–H and O–H groups in total. The monoisotopic (exact) mass is 451 g/mol.